The van der Waals surface area contributed by atoms with E-state index in [9.17, 15) is 9.59 Å². The summed E-state index contributed by atoms with van der Waals surface area (Å²) in [5.41, 5.74) is -0.100. The molecule has 0 spiro atoms. The van der Waals surface area contributed by atoms with Crippen LogP contribution in [-0.4, -0.2) is 45.2 Å². The van der Waals surface area contributed by atoms with Gasteiger partial charge in [-0.1, -0.05) is 0 Å². The lowest BCUT2D eigenvalue weighted by atomic mass is 10.1. The standard InChI is InChI=1S/C16H24N2O5/c1-16(2,3)18-14(19)9-17-15(20)10-7-12(22-5)13(23-6)8-11(10)21-4/h7-8H,9H2,1-6H3,(H,17,20)(H,18,19). The van der Waals surface area contributed by atoms with Crippen LogP contribution in [0.5, 0.6) is 17.2 Å². The molecule has 0 aliphatic rings. The van der Waals surface area contributed by atoms with E-state index >= 15 is 0 Å². The molecule has 2 amide bonds. The van der Waals surface area contributed by atoms with Crippen LogP contribution in [0, 0.1) is 0 Å². The highest BCUT2D eigenvalue weighted by Crippen LogP contribution is 2.34. The summed E-state index contributed by atoms with van der Waals surface area (Å²) in [5.74, 6) is 0.470. The van der Waals surface area contributed by atoms with Crippen LogP contribution >= 0.6 is 0 Å². The van der Waals surface area contributed by atoms with E-state index in [1.807, 2.05) is 20.8 Å². The molecule has 0 aromatic heterocycles. The zero-order valence-corrected chi connectivity index (χ0v) is 14.4. The van der Waals surface area contributed by atoms with E-state index in [0.717, 1.165) is 0 Å². The predicted molar refractivity (Wildman–Crippen MR) is 86.3 cm³/mol. The van der Waals surface area contributed by atoms with Gasteiger partial charge in [0.1, 0.15) is 5.75 Å². The summed E-state index contributed by atoms with van der Waals surface area (Å²) in [6, 6.07) is 3.07. The van der Waals surface area contributed by atoms with Crippen LogP contribution in [0.3, 0.4) is 0 Å². The van der Waals surface area contributed by atoms with Crippen LogP contribution in [-0.2, 0) is 4.79 Å². The van der Waals surface area contributed by atoms with E-state index in [-0.39, 0.29) is 23.6 Å². The van der Waals surface area contributed by atoms with E-state index in [2.05, 4.69) is 10.6 Å². The number of amides is 2. The monoisotopic (exact) mass is 324 g/mol. The molecule has 0 aliphatic heterocycles. The highest BCUT2D eigenvalue weighted by molar-refractivity contribution is 5.99. The third-order valence-corrected chi connectivity index (χ3v) is 2.87. The summed E-state index contributed by atoms with van der Waals surface area (Å²) >= 11 is 0. The summed E-state index contributed by atoms with van der Waals surface area (Å²) in [6.07, 6.45) is 0. The molecule has 0 unspecified atom stereocenters. The first-order chi connectivity index (χ1) is 10.7. The number of nitrogens with one attached hydrogen (secondary N) is 2. The highest BCUT2D eigenvalue weighted by Gasteiger charge is 2.19. The maximum atomic E-state index is 12.3. The summed E-state index contributed by atoms with van der Waals surface area (Å²) in [4.78, 5) is 24.1. The third kappa shape index (κ3) is 5.36. The van der Waals surface area contributed by atoms with Crippen LogP contribution in [0.15, 0.2) is 12.1 Å². The predicted octanol–water partition coefficient (Wildman–Crippen LogP) is 1.36. The van der Waals surface area contributed by atoms with Gasteiger partial charge in [-0.25, -0.2) is 0 Å². The average molecular weight is 324 g/mol. The molecule has 0 aliphatic carbocycles. The van der Waals surface area contributed by atoms with Crippen LogP contribution < -0.4 is 24.8 Å². The molecular formula is C16H24N2O5. The Kier molecular flexibility index (Phi) is 6.24. The summed E-state index contributed by atoms with van der Waals surface area (Å²) in [5, 5.41) is 5.32. The Morgan fingerprint density at radius 1 is 0.957 bits per heavy atom. The Morgan fingerprint density at radius 2 is 1.48 bits per heavy atom. The number of ether oxygens (including phenoxy) is 3. The van der Waals surface area contributed by atoms with Crippen LogP contribution in [0.2, 0.25) is 0 Å². The lowest BCUT2D eigenvalue weighted by molar-refractivity contribution is -0.121. The first kappa shape index (κ1) is 18.6. The molecule has 7 heteroatoms. The average Bonchev–Trinajstić information content (AvgIpc) is 2.49. The zero-order chi connectivity index (χ0) is 17.6. The molecule has 0 radical (unpaired) electrons. The Labute approximate surface area is 136 Å². The van der Waals surface area contributed by atoms with E-state index in [0.29, 0.717) is 17.2 Å². The fourth-order valence-electron chi connectivity index (χ4n) is 1.92. The van der Waals surface area contributed by atoms with Gasteiger partial charge in [0.2, 0.25) is 5.91 Å². The van der Waals surface area contributed by atoms with Crippen LogP contribution in [0.25, 0.3) is 0 Å². The molecule has 0 saturated carbocycles. The molecule has 1 aromatic rings. The molecule has 1 rings (SSSR count). The van der Waals surface area contributed by atoms with Crippen molar-refractivity contribution in [3.8, 4) is 17.2 Å². The minimum Gasteiger partial charge on any atom is -0.496 e. The van der Waals surface area contributed by atoms with Crippen molar-refractivity contribution < 1.29 is 23.8 Å². The second-order valence-corrected chi connectivity index (χ2v) is 5.89. The van der Waals surface area contributed by atoms with Crippen molar-refractivity contribution in [2.75, 3.05) is 27.9 Å². The van der Waals surface area contributed by atoms with Gasteiger partial charge >= 0.3 is 0 Å². The van der Waals surface area contributed by atoms with Gasteiger partial charge in [0.05, 0.1) is 33.4 Å². The Hall–Kier alpha value is -2.44. The van der Waals surface area contributed by atoms with Crippen molar-refractivity contribution in [3.05, 3.63) is 17.7 Å². The van der Waals surface area contributed by atoms with Crippen molar-refractivity contribution in [1.29, 1.82) is 0 Å². The van der Waals surface area contributed by atoms with Crippen molar-refractivity contribution in [2.24, 2.45) is 0 Å². The Balaban J connectivity index is 2.89. The van der Waals surface area contributed by atoms with Crippen LogP contribution in [0.4, 0.5) is 0 Å². The van der Waals surface area contributed by atoms with E-state index in [1.165, 1.54) is 27.4 Å². The minimum absolute atomic E-state index is 0.131. The molecule has 2 N–H and O–H groups in total. The fraction of sp³-hybridized carbons (Fsp3) is 0.500. The van der Waals surface area contributed by atoms with Gasteiger partial charge in [-0.15, -0.1) is 0 Å². The maximum Gasteiger partial charge on any atom is 0.255 e. The number of hydrogen-bond acceptors (Lipinski definition) is 5. The fourth-order valence-corrected chi connectivity index (χ4v) is 1.92. The molecule has 0 saturated heterocycles. The second kappa shape index (κ2) is 7.71. The van der Waals surface area contributed by atoms with Gasteiger partial charge in [0.15, 0.2) is 11.5 Å². The molecule has 0 fully saturated rings. The first-order valence-corrected chi connectivity index (χ1v) is 7.11. The van der Waals surface area contributed by atoms with Crippen molar-refractivity contribution in [3.63, 3.8) is 0 Å². The van der Waals surface area contributed by atoms with Gasteiger partial charge in [-0.3, -0.25) is 9.59 Å². The number of hydrogen-bond donors (Lipinski definition) is 2. The number of carbonyl (C=O) groups excluding carboxylic acids is 2. The molecule has 23 heavy (non-hydrogen) atoms. The largest absolute Gasteiger partial charge is 0.496 e. The molecule has 0 bridgehead atoms. The van der Waals surface area contributed by atoms with Crippen molar-refractivity contribution >= 4 is 11.8 Å². The van der Waals surface area contributed by atoms with Crippen LogP contribution in [0.1, 0.15) is 31.1 Å². The topological polar surface area (TPSA) is 85.9 Å². The lowest BCUT2D eigenvalue weighted by Gasteiger charge is -2.20. The molecule has 0 atom stereocenters. The number of benzene rings is 1. The first-order valence-electron chi connectivity index (χ1n) is 7.11. The van der Waals surface area contributed by atoms with Gasteiger partial charge in [0.25, 0.3) is 5.91 Å². The zero-order valence-electron chi connectivity index (χ0n) is 14.4. The summed E-state index contributed by atoms with van der Waals surface area (Å²) in [6.45, 7) is 5.46. The van der Waals surface area contributed by atoms with E-state index in [1.54, 1.807) is 6.07 Å². The van der Waals surface area contributed by atoms with E-state index in [4.69, 9.17) is 14.2 Å². The Bertz CT molecular complexity index is 579. The van der Waals surface area contributed by atoms with E-state index < -0.39 is 5.91 Å². The maximum absolute atomic E-state index is 12.3. The number of methoxy groups -OCH3 is 3. The molecular weight excluding hydrogens is 300 g/mol. The molecule has 7 nitrogen and oxygen atoms in total. The quantitative estimate of drug-likeness (QED) is 0.825. The van der Waals surface area contributed by atoms with Crippen molar-refractivity contribution in [2.45, 2.75) is 26.3 Å². The normalized spacial score (nSPS) is 10.7. The highest BCUT2D eigenvalue weighted by atomic mass is 16.5. The summed E-state index contributed by atoms with van der Waals surface area (Å²) in [7, 11) is 4.42. The molecule has 1 aromatic carbocycles. The lowest BCUT2D eigenvalue weighted by Crippen LogP contribution is -2.45. The van der Waals surface area contributed by atoms with Gasteiger partial charge < -0.3 is 24.8 Å². The third-order valence-electron chi connectivity index (χ3n) is 2.87. The Morgan fingerprint density at radius 3 is 1.96 bits per heavy atom. The second-order valence-electron chi connectivity index (χ2n) is 5.89. The van der Waals surface area contributed by atoms with Gasteiger partial charge in [0, 0.05) is 17.7 Å². The number of carbonyl (C=O) groups is 2. The van der Waals surface area contributed by atoms with Gasteiger partial charge in [-0.2, -0.15) is 0 Å². The summed E-state index contributed by atoms with van der Waals surface area (Å²) < 4.78 is 15.5. The minimum atomic E-state index is -0.438. The smallest absolute Gasteiger partial charge is 0.255 e. The molecule has 128 valence electrons. The number of rotatable bonds is 6. The van der Waals surface area contributed by atoms with Crippen molar-refractivity contribution in [1.82, 2.24) is 10.6 Å². The SMILES string of the molecule is COc1cc(OC)c(C(=O)NCC(=O)NC(C)(C)C)cc1OC. The molecule has 0 heterocycles. The van der Waals surface area contributed by atoms with Gasteiger partial charge in [-0.05, 0) is 20.8 Å².